The second-order valence-corrected chi connectivity index (χ2v) is 4.42. The van der Waals surface area contributed by atoms with Crippen LogP contribution in [0.25, 0.3) is 0 Å². The second kappa shape index (κ2) is 2.99. The van der Waals surface area contributed by atoms with Crippen molar-refractivity contribution in [1.29, 1.82) is 0 Å². The number of rotatable bonds is 2. The van der Waals surface area contributed by atoms with Crippen molar-refractivity contribution < 1.29 is 23.3 Å². The third kappa shape index (κ3) is 1.56. The van der Waals surface area contributed by atoms with Gasteiger partial charge in [0.05, 0.1) is 0 Å². The van der Waals surface area contributed by atoms with E-state index in [4.69, 9.17) is 4.74 Å². The van der Waals surface area contributed by atoms with E-state index in [0.29, 0.717) is 5.92 Å². The Kier molecular flexibility index (Phi) is 2.44. The normalized spacial score (nSPS) is 23.5. The standard InChI is InChI=1S/C8H10O.Os/c1-7(9-2)8-5-3-4-6-8;/h3-6,8H,1H2,2H3;. The van der Waals surface area contributed by atoms with Crippen LogP contribution in [0.2, 0.25) is 0 Å². The summed E-state index contributed by atoms with van der Waals surface area (Å²) in [5, 5.41) is 0. The molecule has 1 unspecified atom stereocenters. The molecule has 0 aromatic heterocycles. The van der Waals surface area contributed by atoms with Crippen LogP contribution in [-0.4, -0.2) is 11.3 Å². The molecule has 1 aliphatic carbocycles. The van der Waals surface area contributed by atoms with Gasteiger partial charge in [0, 0.05) is 0 Å². The van der Waals surface area contributed by atoms with Crippen molar-refractivity contribution in [1.82, 2.24) is 0 Å². The quantitative estimate of drug-likeness (QED) is 0.750. The summed E-state index contributed by atoms with van der Waals surface area (Å²) < 4.78 is 4.95. The minimum absolute atomic E-state index is 0.274. The average molecular weight is 312 g/mol. The Morgan fingerprint density at radius 1 is 1.50 bits per heavy atom. The molecule has 56 valence electrons. The van der Waals surface area contributed by atoms with Gasteiger partial charge < -0.3 is 0 Å². The molecule has 1 radical (unpaired) electrons. The molecule has 0 fully saturated rings. The van der Waals surface area contributed by atoms with E-state index in [1.54, 1.807) is 25.7 Å². The predicted molar refractivity (Wildman–Crippen MR) is 36.9 cm³/mol. The van der Waals surface area contributed by atoms with E-state index in [1.807, 2.05) is 12.2 Å². The topological polar surface area (TPSA) is 9.23 Å². The van der Waals surface area contributed by atoms with Gasteiger partial charge in [0.1, 0.15) is 0 Å². The number of allylic oxidation sites excluding steroid dienone is 2. The summed E-state index contributed by atoms with van der Waals surface area (Å²) >= 11 is 1.78. The number of hydrogen-bond donors (Lipinski definition) is 0. The van der Waals surface area contributed by atoms with Gasteiger partial charge in [-0.25, -0.2) is 0 Å². The molecule has 1 nitrogen and oxygen atoms in total. The maximum atomic E-state index is 5.22. The van der Waals surface area contributed by atoms with Crippen LogP contribution in [0, 0.1) is 12.8 Å². The molecular formula is C8H10OOs. The van der Waals surface area contributed by atoms with Gasteiger partial charge >= 0.3 is 71.7 Å². The Bertz CT molecular complexity index is 158. The fourth-order valence-corrected chi connectivity index (χ4v) is 1.34. The Morgan fingerprint density at radius 3 is 2.40 bits per heavy atom. The molecular weight excluding hydrogens is 302 g/mol. The summed E-state index contributed by atoms with van der Waals surface area (Å²) in [6.07, 6.45) is 8.25. The zero-order valence-corrected chi connectivity index (χ0v) is 8.40. The Morgan fingerprint density at radius 2 is 2.00 bits per heavy atom. The second-order valence-electron chi connectivity index (χ2n) is 2.27. The average Bonchev–Trinajstić information content (AvgIpc) is 2.38. The molecule has 0 aromatic carbocycles. The van der Waals surface area contributed by atoms with E-state index in [0.717, 1.165) is 0 Å². The zero-order valence-electron chi connectivity index (χ0n) is 5.86. The van der Waals surface area contributed by atoms with E-state index in [2.05, 4.69) is 19.1 Å². The summed E-state index contributed by atoms with van der Waals surface area (Å²) in [6, 6.07) is 0. The molecule has 0 spiro atoms. The molecule has 0 bridgehead atoms. The van der Waals surface area contributed by atoms with Crippen LogP contribution in [0.4, 0.5) is 0 Å². The van der Waals surface area contributed by atoms with E-state index in [1.165, 1.54) is 0 Å². The van der Waals surface area contributed by atoms with Gasteiger partial charge in [-0.15, -0.1) is 0 Å². The first-order valence-electron chi connectivity index (χ1n) is 3.10. The van der Waals surface area contributed by atoms with Crippen LogP contribution in [0.1, 0.15) is 0 Å². The van der Waals surface area contributed by atoms with Gasteiger partial charge in [-0.3, -0.25) is 0 Å². The first-order chi connectivity index (χ1) is 4.67. The number of hydrogen-bond acceptors (Lipinski definition) is 1. The molecule has 0 aliphatic heterocycles. The molecule has 1 rings (SSSR count). The number of methoxy groups -OCH3 is 1. The summed E-state index contributed by atoms with van der Waals surface area (Å²) in [4.78, 5) is 0. The van der Waals surface area contributed by atoms with E-state index >= 15 is 0 Å². The van der Waals surface area contributed by atoms with Crippen molar-refractivity contribution in [2.45, 2.75) is 4.16 Å². The van der Waals surface area contributed by atoms with Crippen molar-refractivity contribution in [3.05, 3.63) is 31.2 Å². The van der Waals surface area contributed by atoms with Crippen LogP contribution < -0.4 is 0 Å². The van der Waals surface area contributed by atoms with Gasteiger partial charge in [-0.1, -0.05) is 0 Å². The van der Waals surface area contributed by atoms with Crippen LogP contribution in [0.15, 0.2) is 24.3 Å². The first-order valence-corrected chi connectivity index (χ1v) is 4.37. The summed E-state index contributed by atoms with van der Waals surface area (Å²) in [5.41, 5.74) is 0. The van der Waals surface area contributed by atoms with Crippen LogP contribution in [-0.2, 0) is 23.3 Å². The van der Waals surface area contributed by atoms with Crippen LogP contribution in [0.3, 0.4) is 0 Å². The van der Waals surface area contributed by atoms with Crippen molar-refractivity contribution >= 4 is 0 Å². The maximum absolute atomic E-state index is 5.22. The predicted octanol–water partition coefficient (Wildman–Crippen LogP) is 1.45. The SMILES string of the molecule is [CH2][C]([Os])(OC)C1C=CC=C1. The first kappa shape index (κ1) is 8.18. The molecule has 10 heavy (non-hydrogen) atoms. The summed E-state index contributed by atoms with van der Waals surface area (Å²) in [6.45, 7) is 3.96. The molecule has 2 heteroatoms. The van der Waals surface area contributed by atoms with Gasteiger partial charge in [0.2, 0.25) is 0 Å². The van der Waals surface area contributed by atoms with Crippen LogP contribution in [0.5, 0.6) is 0 Å². The van der Waals surface area contributed by atoms with Crippen molar-refractivity contribution in [3.63, 3.8) is 0 Å². The molecule has 0 amide bonds. The molecule has 0 saturated carbocycles. The monoisotopic (exact) mass is 314 g/mol. The Hall–Kier alpha value is 0.0764. The van der Waals surface area contributed by atoms with E-state index in [-0.39, 0.29) is 4.16 Å². The van der Waals surface area contributed by atoms with Gasteiger partial charge in [0.25, 0.3) is 0 Å². The summed E-state index contributed by atoms with van der Waals surface area (Å²) in [5.74, 6) is 0.343. The molecule has 1 atom stereocenters. The molecule has 0 saturated heterocycles. The van der Waals surface area contributed by atoms with Crippen molar-refractivity contribution in [3.8, 4) is 0 Å². The third-order valence-corrected chi connectivity index (χ3v) is 2.94. The van der Waals surface area contributed by atoms with Gasteiger partial charge in [-0.05, 0) is 0 Å². The van der Waals surface area contributed by atoms with Crippen molar-refractivity contribution in [2.75, 3.05) is 7.11 Å². The fraction of sp³-hybridized carbons (Fsp3) is 0.375. The van der Waals surface area contributed by atoms with E-state index in [9.17, 15) is 0 Å². The molecule has 0 aromatic rings. The zero-order chi connectivity index (χ0) is 7.61. The fourth-order valence-electron chi connectivity index (χ4n) is 0.851. The third-order valence-electron chi connectivity index (χ3n) is 1.57. The Balaban J connectivity index is 2.64. The van der Waals surface area contributed by atoms with Crippen molar-refractivity contribution in [2.24, 2.45) is 5.92 Å². The number of ether oxygens (including phenoxy) is 1. The molecule has 1 aliphatic rings. The summed E-state index contributed by atoms with van der Waals surface area (Å²) in [7, 11) is 1.69. The Labute approximate surface area is 72.1 Å². The molecule has 0 heterocycles. The van der Waals surface area contributed by atoms with Crippen LogP contribution >= 0.6 is 0 Å². The van der Waals surface area contributed by atoms with Gasteiger partial charge in [-0.2, -0.15) is 0 Å². The minimum atomic E-state index is -0.274. The molecule has 0 N–H and O–H groups in total. The van der Waals surface area contributed by atoms with E-state index < -0.39 is 0 Å². The van der Waals surface area contributed by atoms with Gasteiger partial charge in [0.15, 0.2) is 0 Å².